The van der Waals surface area contributed by atoms with Crippen LogP contribution >= 0.6 is 0 Å². The van der Waals surface area contributed by atoms with Crippen LogP contribution in [-0.2, 0) is 9.47 Å². The summed E-state index contributed by atoms with van der Waals surface area (Å²) in [4.78, 5) is 11.8. The van der Waals surface area contributed by atoms with Gasteiger partial charge in [0.2, 0.25) is 0 Å². The van der Waals surface area contributed by atoms with E-state index >= 15 is 0 Å². The molecule has 0 radical (unpaired) electrons. The van der Waals surface area contributed by atoms with Gasteiger partial charge in [-0.2, -0.15) is 0 Å². The van der Waals surface area contributed by atoms with Crippen molar-refractivity contribution in [2.45, 2.75) is 77.7 Å². The van der Waals surface area contributed by atoms with Crippen LogP contribution in [0.5, 0.6) is 0 Å². The summed E-state index contributed by atoms with van der Waals surface area (Å²) < 4.78 is 11.2. The van der Waals surface area contributed by atoms with Crippen molar-refractivity contribution in [2.75, 3.05) is 13.1 Å². The summed E-state index contributed by atoms with van der Waals surface area (Å²) in [5, 5.41) is 6.55. The number of hydrogen-bond donors (Lipinski definition) is 2. The zero-order chi connectivity index (χ0) is 16.3. The summed E-state index contributed by atoms with van der Waals surface area (Å²) in [5.41, 5.74) is -0.448. The van der Waals surface area contributed by atoms with E-state index in [0.29, 0.717) is 36.6 Å². The molecule has 2 aliphatic rings. The first-order valence-electron chi connectivity index (χ1n) is 8.60. The predicted octanol–water partition coefficient (Wildman–Crippen LogP) is 2.69. The number of nitrogens with one attached hydrogen (secondary N) is 2. The molecule has 5 nitrogen and oxygen atoms in total. The standard InChI is InChI=1S/C17H32N2O3/c1-11(2)12(10-19-16(20)22-17(3,4)5)9-18-14-8-13-6-7-15(14)21-13/h11-15,18H,6-10H2,1-5H3,(H,19,20). The molecule has 2 bridgehead atoms. The minimum Gasteiger partial charge on any atom is -0.444 e. The Balaban J connectivity index is 1.72. The van der Waals surface area contributed by atoms with Crippen molar-refractivity contribution in [3.05, 3.63) is 0 Å². The summed E-state index contributed by atoms with van der Waals surface area (Å²) >= 11 is 0. The molecule has 0 aliphatic carbocycles. The van der Waals surface area contributed by atoms with E-state index in [1.54, 1.807) is 0 Å². The van der Waals surface area contributed by atoms with Gasteiger partial charge in [0.1, 0.15) is 5.60 Å². The molecular weight excluding hydrogens is 280 g/mol. The average molecular weight is 312 g/mol. The lowest BCUT2D eigenvalue weighted by Gasteiger charge is -2.27. The van der Waals surface area contributed by atoms with Crippen LogP contribution in [0.2, 0.25) is 0 Å². The zero-order valence-electron chi connectivity index (χ0n) is 14.6. The molecule has 0 spiro atoms. The van der Waals surface area contributed by atoms with Gasteiger partial charge in [-0.15, -0.1) is 0 Å². The van der Waals surface area contributed by atoms with Gasteiger partial charge in [-0.05, 0) is 51.9 Å². The second-order valence-electron chi connectivity index (χ2n) is 8.01. The van der Waals surface area contributed by atoms with Crippen LogP contribution in [0.15, 0.2) is 0 Å². The third-order valence-corrected chi connectivity index (χ3v) is 4.60. The normalized spacial score (nSPS) is 28.9. The van der Waals surface area contributed by atoms with Gasteiger partial charge >= 0.3 is 6.09 Å². The Kier molecular flexibility index (Phi) is 5.72. The van der Waals surface area contributed by atoms with E-state index in [1.165, 1.54) is 12.8 Å². The molecule has 0 saturated carbocycles. The van der Waals surface area contributed by atoms with Crippen molar-refractivity contribution in [1.29, 1.82) is 0 Å². The van der Waals surface area contributed by atoms with Gasteiger partial charge in [0.15, 0.2) is 0 Å². The maximum Gasteiger partial charge on any atom is 0.407 e. The third-order valence-electron chi connectivity index (χ3n) is 4.60. The SMILES string of the molecule is CC(C)C(CNC(=O)OC(C)(C)C)CNC1CC2CCC1O2. The topological polar surface area (TPSA) is 59.6 Å². The molecule has 0 aromatic heterocycles. The molecule has 128 valence electrons. The van der Waals surface area contributed by atoms with Crippen LogP contribution in [0.3, 0.4) is 0 Å². The number of ether oxygens (including phenoxy) is 2. The number of carbonyl (C=O) groups is 1. The number of alkyl carbamates (subject to hydrolysis) is 1. The molecule has 2 N–H and O–H groups in total. The van der Waals surface area contributed by atoms with E-state index in [9.17, 15) is 4.79 Å². The predicted molar refractivity (Wildman–Crippen MR) is 86.9 cm³/mol. The van der Waals surface area contributed by atoms with Crippen molar-refractivity contribution >= 4 is 6.09 Å². The molecular formula is C17H32N2O3. The molecule has 2 rings (SSSR count). The molecule has 2 heterocycles. The van der Waals surface area contributed by atoms with E-state index in [0.717, 1.165) is 13.0 Å². The molecule has 1 amide bonds. The van der Waals surface area contributed by atoms with E-state index in [1.807, 2.05) is 20.8 Å². The summed E-state index contributed by atoms with van der Waals surface area (Å²) in [6, 6.07) is 0.488. The maximum atomic E-state index is 11.8. The highest BCUT2D eigenvalue weighted by atomic mass is 16.6. The molecule has 5 heteroatoms. The Morgan fingerprint density at radius 3 is 2.50 bits per heavy atom. The van der Waals surface area contributed by atoms with Crippen molar-refractivity contribution in [2.24, 2.45) is 11.8 Å². The van der Waals surface area contributed by atoms with Crippen molar-refractivity contribution in [3.8, 4) is 0 Å². The lowest BCUT2D eigenvalue weighted by Crippen LogP contribution is -2.44. The van der Waals surface area contributed by atoms with Crippen LogP contribution in [0.25, 0.3) is 0 Å². The number of rotatable bonds is 6. The monoisotopic (exact) mass is 312 g/mol. The Hall–Kier alpha value is -0.810. The van der Waals surface area contributed by atoms with Crippen LogP contribution < -0.4 is 10.6 Å². The summed E-state index contributed by atoms with van der Waals surface area (Å²) in [6.07, 6.45) is 4.08. The number of amides is 1. The summed E-state index contributed by atoms with van der Waals surface area (Å²) in [7, 11) is 0. The molecule has 0 aromatic rings. The quantitative estimate of drug-likeness (QED) is 0.792. The summed E-state index contributed by atoms with van der Waals surface area (Å²) in [5.74, 6) is 0.897. The van der Waals surface area contributed by atoms with E-state index in [-0.39, 0.29) is 6.09 Å². The van der Waals surface area contributed by atoms with Crippen LogP contribution in [0.1, 0.15) is 53.9 Å². The molecule has 22 heavy (non-hydrogen) atoms. The van der Waals surface area contributed by atoms with E-state index < -0.39 is 5.60 Å². The number of hydrogen-bond acceptors (Lipinski definition) is 4. The Labute approximate surface area is 134 Å². The molecule has 2 aliphatic heterocycles. The third kappa shape index (κ3) is 5.13. The minimum absolute atomic E-state index is 0.332. The van der Waals surface area contributed by atoms with Gasteiger partial charge in [0.25, 0.3) is 0 Å². The summed E-state index contributed by atoms with van der Waals surface area (Å²) in [6.45, 7) is 11.6. The Bertz CT molecular complexity index is 379. The Morgan fingerprint density at radius 2 is 2.00 bits per heavy atom. The molecule has 0 aromatic carbocycles. The van der Waals surface area contributed by atoms with Crippen molar-refractivity contribution in [3.63, 3.8) is 0 Å². The Morgan fingerprint density at radius 1 is 1.27 bits per heavy atom. The highest BCUT2D eigenvalue weighted by Gasteiger charge is 2.40. The highest BCUT2D eigenvalue weighted by Crippen LogP contribution is 2.34. The fourth-order valence-electron chi connectivity index (χ4n) is 3.23. The first kappa shape index (κ1) is 17.5. The first-order valence-corrected chi connectivity index (χ1v) is 8.60. The van der Waals surface area contributed by atoms with Crippen LogP contribution in [0.4, 0.5) is 4.79 Å². The fourth-order valence-corrected chi connectivity index (χ4v) is 3.23. The molecule has 4 unspecified atom stereocenters. The lowest BCUT2D eigenvalue weighted by atomic mass is 9.92. The van der Waals surface area contributed by atoms with Crippen LogP contribution in [-0.4, -0.2) is 43.0 Å². The average Bonchev–Trinajstić information content (AvgIpc) is 2.98. The minimum atomic E-state index is -0.448. The molecule has 4 atom stereocenters. The molecule has 2 fully saturated rings. The van der Waals surface area contributed by atoms with E-state index in [2.05, 4.69) is 24.5 Å². The van der Waals surface area contributed by atoms with Gasteiger partial charge in [0, 0.05) is 19.1 Å². The van der Waals surface area contributed by atoms with Gasteiger partial charge < -0.3 is 20.1 Å². The van der Waals surface area contributed by atoms with Gasteiger partial charge in [-0.1, -0.05) is 13.8 Å². The highest BCUT2D eigenvalue weighted by molar-refractivity contribution is 5.67. The fraction of sp³-hybridized carbons (Fsp3) is 0.941. The number of fused-ring (bicyclic) bond motifs is 2. The second kappa shape index (κ2) is 7.18. The van der Waals surface area contributed by atoms with Gasteiger partial charge in [0.05, 0.1) is 12.2 Å². The van der Waals surface area contributed by atoms with Crippen molar-refractivity contribution < 1.29 is 14.3 Å². The van der Waals surface area contributed by atoms with Gasteiger partial charge in [-0.25, -0.2) is 4.79 Å². The number of carbonyl (C=O) groups excluding carboxylic acids is 1. The molecule has 2 saturated heterocycles. The van der Waals surface area contributed by atoms with Crippen molar-refractivity contribution in [1.82, 2.24) is 10.6 Å². The zero-order valence-corrected chi connectivity index (χ0v) is 14.6. The maximum absolute atomic E-state index is 11.8. The lowest BCUT2D eigenvalue weighted by molar-refractivity contribution is 0.0513. The van der Waals surface area contributed by atoms with Crippen LogP contribution in [0, 0.1) is 11.8 Å². The van der Waals surface area contributed by atoms with Gasteiger partial charge in [-0.3, -0.25) is 0 Å². The largest absolute Gasteiger partial charge is 0.444 e. The smallest absolute Gasteiger partial charge is 0.407 e. The van der Waals surface area contributed by atoms with E-state index in [4.69, 9.17) is 9.47 Å². The second-order valence-corrected chi connectivity index (χ2v) is 8.01. The first-order chi connectivity index (χ1) is 10.2.